The van der Waals surface area contributed by atoms with Gasteiger partial charge in [-0.1, -0.05) is 42.0 Å². The van der Waals surface area contributed by atoms with Gasteiger partial charge in [-0.25, -0.2) is 10.2 Å². The van der Waals surface area contributed by atoms with Crippen LogP contribution in [0.5, 0.6) is 11.5 Å². The van der Waals surface area contributed by atoms with Crippen LogP contribution in [0.15, 0.2) is 102 Å². The maximum Gasteiger partial charge on any atom is 0.343 e. The van der Waals surface area contributed by atoms with Gasteiger partial charge >= 0.3 is 5.97 Å². The topological polar surface area (TPSA) is 106 Å². The van der Waals surface area contributed by atoms with E-state index < -0.39 is 11.9 Å². The molecule has 0 unspecified atom stereocenters. The Hall–Kier alpha value is -5.24. The highest BCUT2D eigenvalue weighted by atomic mass is 16.6. The second kappa shape index (κ2) is 12.1. The van der Waals surface area contributed by atoms with E-state index >= 15 is 0 Å². The summed E-state index contributed by atoms with van der Waals surface area (Å²) in [5.74, 6) is -0.628. The molecule has 2 amide bonds. The molecule has 38 heavy (non-hydrogen) atoms. The van der Waals surface area contributed by atoms with Gasteiger partial charge in [0.25, 0.3) is 11.8 Å². The predicted octanol–water partition coefficient (Wildman–Crippen LogP) is 5.24. The molecule has 0 aromatic heterocycles. The first-order valence-electron chi connectivity index (χ1n) is 11.7. The molecule has 0 aliphatic carbocycles. The zero-order valence-electron chi connectivity index (χ0n) is 20.8. The van der Waals surface area contributed by atoms with Crippen LogP contribution in [0.3, 0.4) is 0 Å². The molecule has 8 nitrogen and oxygen atoms in total. The van der Waals surface area contributed by atoms with Gasteiger partial charge in [-0.05, 0) is 73.2 Å². The summed E-state index contributed by atoms with van der Waals surface area (Å²) in [7, 11) is 1.46. The number of carbonyl (C=O) groups excluding carboxylic acids is 3. The molecule has 0 radical (unpaired) electrons. The third-order valence-electron chi connectivity index (χ3n) is 5.44. The maximum absolute atomic E-state index is 12.6. The highest BCUT2D eigenvalue weighted by Gasteiger charge is 2.13. The molecule has 0 aliphatic heterocycles. The van der Waals surface area contributed by atoms with Crippen molar-refractivity contribution in [2.45, 2.75) is 6.92 Å². The lowest BCUT2D eigenvalue weighted by Gasteiger charge is -2.10. The normalized spacial score (nSPS) is 10.6. The summed E-state index contributed by atoms with van der Waals surface area (Å²) in [6.45, 7) is 1.89. The summed E-state index contributed by atoms with van der Waals surface area (Å²) in [6.07, 6.45) is 1.44. The van der Waals surface area contributed by atoms with Crippen LogP contribution < -0.4 is 20.2 Å². The summed E-state index contributed by atoms with van der Waals surface area (Å²) in [6, 6.07) is 27.3. The van der Waals surface area contributed by atoms with Gasteiger partial charge in [-0.2, -0.15) is 5.10 Å². The summed E-state index contributed by atoms with van der Waals surface area (Å²) >= 11 is 0. The minimum absolute atomic E-state index is 0.259. The first-order chi connectivity index (χ1) is 18.4. The largest absolute Gasteiger partial charge is 0.493 e. The van der Waals surface area contributed by atoms with Crippen LogP contribution in [0, 0.1) is 6.92 Å². The lowest BCUT2D eigenvalue weighted by atomic mass is 10.1. The fraction of sp³-hybridized carbons (Fsp3) is 0.0667. The van der Waals surface area contributed by atoms with E-state index in [1.54, 1.807) is 84.9 Å². The number of esters is 1. The summed E-state index contributed by atoms with van der Waals surface area (Å²) in [5, 5.41) is 6.78. The number of amides is 2. The fourth-order valence-corrected chi connectivity index (χ4v) is 3.54. The summed E-state index contributed by atoms with van der Waals surface area (Å²) < 4.78 is 10.9. The van der Waals surface area contributed by atoms with Crippen LogP contribution >= 0.6 is 0 Å². The zero-order valence-corrected chi connectivity index (χ0v) is 20.8. The maximum atomic E-state index is 12.6. The molecule has 0 aliphatic rings. The molecule has 0 saturated heterocycles. The lowest BCUT2D eigenvalue weighted by Crippen LogP contribution is -2.18. The Morgan fingerprint density at radius 3 is 2.24 bits per heavy atom. The molecule has 0 heterocycles. The van der Waals surface area contributed by atoms with Crippen LogP contribution in [0.25, 0.3) is 0 Å². The Bertz CT molecular complexity index is 1500. The molecular weight excluding hydrogens is 482 g/mol. The monoisotopic (exact) mass is 507 g/mol. The molecule has 0 saturated carbocycles. The highest BCUT2D eigenvalue weighted by Crippen LogP contribution is 2.28. The Kier molecular flexibility index (Phi) is 8.25. The molecule has 0 atom stereocenters. The number of nitrogens with zero attached hydrogens (tertiary/aromatic N) is 1. The van der Waals surface area contributed by atoms with Gasteiger partial charge < -0.3 is 14.8 Å². The number of ether oxygens (including phenoxy) is 2. The third kappa shape index (κ3) is 6.70. The Balaban J connectivity index is 1.38. The molecule has 4 rings (SSSR count). The minimum Gasteiger partial charge on any atom is -0.493 e. The molecule has 8 heteroatoms. The van der Waals surface area contributed by atoms with Crippen molar-refractivity contribution in [3.8, 4) is 11.5 Å². The van der Waals surface area contributed by atoms with E-state index in [2.05, 4.69) is 15.8 Å². The van der Waals surface area contributed by atoms with Crippen LogP contribution in [0.4, 0.5) is 5.69 Å². The average molecular weight is 508 g/mol. The van der Waals surface area contributed by atoms with Gasteiger partial charge in [-0.15, -0.1) is 0 Å². The van der Waals surface area contributed by atoms with Crippen LogP contribution in [-0.4, -0.2) is 31.1 Å². The van der Waals surface area contributed by atoms with Gasteiger partial charge in [0.05, 0.1) is 18.9 Å². The van der Waals surface area contributed by atoms with E-state index in [9.17, 15) is 14.4 Å². The lowest BCUT2D eigenvalue weighted by molar-refractivity contribution is 0.0729. The zero-order chi connectivity index (χ0) is 26.9. The number of benzene rings is 4. The van der Waals surface area contributed by atoms with Gasteiger partial charge in [0.1, 0.15) is 0 Å². The number of methoxy groups -OCH3 is 1. The van der Waals surface area contributed by atoms with Gasteiger partial charge in [0.2, 0.25) is 0 Å². The first kappa shape index (κ1) is 25.8. The van der Waals surface area contributed by atoms with Crippen molar-refractivity contribution in [3.05, 3.63) is 125 Å². The number of hydrazone groups is 1. The Morgan fingerprint density at radius 1 is 0.737 bits per heavy atom. The van der Waals surface area contributed by atoms with E-state index in [0.717, 1.165) is 5.56 Å². The molecule has 4 aromatic rings. The number of carbonyl (C=O) groups is 3. The number of anilines is 1. The fourth-order valence-electron chi connectivity index (χ4n) is 3.54. The van der Waals surface area contributed by atoms with E-state index in [1.165, 1.54) is 13.3 Å². The van der Waals surface area contributed by atoms with Crippen LogP contribution in [0.2, 0.25) is 0 Å². The number of aryl methyl sites for hydroxylation is 1. The second-order valence-corrected chi connectivity index (χ2v) is 8.27. The van der Waals surface area contributed by atoms with Crippen molar-refractivity contribution >= 4 is 29.7 Å². The van der Waals surface area contributed by atoms with Crippen molar-refractivity contribution in [2.75, 3.05) is 12.4 Å². The third-order valence-corrected chi connectivity index (χ3v) is 5.44. The smallest absolute Gasteiger partial charge is 0.343 e. The molecule has 2 N–H and O–H groups in total. The molecule has 0 bridgehead atoms. The predicted molar refractivity (Wildman–Crippen MR) is 145 cm³/mol. The SMILES string of the molecule is COc1cc(C=NNC(=O)c2cccc(NC(=O)c3ccccc3)c2)ccc1OC(=O)c1cccc(C)c1. The average Bonchev–Trinajstić information content (AvgIpc) is 2.94. The van der Waals surface area contributed by atoms with E-state index in [4.69, 9.17) is 9.47 Å². The number of hydrogen-bond donors (Lipinski definition) is 2. The number of nitrogens with one attached hydrogen (secondary N) is 2. The van der Waals surface area contributed by atoms with Gasteiger partial charge in [-0.3, -0.25) is 9.59 Å². The molecule has 4 aromatic carbocycles. The van der Waals surface area contributed by atoms with Crippen molar-refractivity contribution in [1.29, 1.82) is 0 Å². The van der Waals surface area contributed by atoms with Gasteiger partial charge in [0, 0.05) is 16.8 Å². The Morgan fingerprint density at radius 2 is 1.47 bits per heavy atom. The minimum atomic E-state index is -0.497. The van der Waals surface area contributed by atoms with Crippen molar-refractivity contribution in [2.24, 2.45) is 5.10 Å². The summed E-state index contributed by atoms with van der Waals surface area (Å²) in [4.78, 5) is 37.4. The molecule has 190 valence electrons. The Labute approximate surface area is 219 Å². The van der Waals surface area contributed by atoms with Crippen LogP contribution in [-0.2, 0) is 0 Å². The number of hydrogen-bond acceptors (Lipinski definition) is 6. The van der Waals surface area contributed by atoms with Crippen LogP contribution in [0.1, 0.15) is 42.2 Å². The highest BCUT2D eigenvalue weighted by molar-refractivity contribution is 6.05. The second-order valence-electron chi connectivity index (χ2n) is 8.27. The summed E-state index contributed by atoms with van der Waals surface area (Å²) in [5.41, 5.74) is 5.77. The van der Waals surface area contributed by atoms with Crippen molar-refractivity contribution < 1.29 is 23.9 Å². The van der Waals surface area contributed by atoms with Crippen molar-refractivity contribution in [1.82, 2.24) is 5.43 Å². The van der Waals surface area contributed by atoms with E-state index in [-0.39, 0.29) is 11.7 Å². The number of rotatable bonds is 8. The quantitative estimate of drug-likeness (QED) is 0.147. The standard InChI is InChI=1S/C30H25N3O5/c1-20-8-6-12-24(16-20)30(36)38-26-15-14-21(17-27(26)37-2)19-31-33-29(35)23-11-7-13-25(18-23)32-28(34)22-9-4-3-5-10-22/h3-19H,1-2H3,(H,32,34)(H,33,35). The van der Waals surface area contributed by atoms with E-state index in [1.807, 2.05) is 19.1 Å². The van der Waals surface area contributed by atoms with Crippen molar-refractivity contribution in [3.63, 3.8) is 0 Å². The van der Waals surface area contributed by atoms with E-state index in [0.29, 0.717) is 33.7 Å². The molecule has 0 spiro atoms. The van der Waals surface area contributed by atoms with Gasteiger partial charge in [0.15, 0.2) is 11.5 Å². The molecule has 0 fully saturated rings. The first-order valence-corrected chi connectivity index (χ1v) is 11.7. The molecular formula is C30H25N3O5.